The normalized spacial score (nSPS) is 11.0. The molecule has 0 saturated carbocycles. The molecular formula is C8H7ClN2O3S. The van der Waals surface area contributed by atoms with Crippen LogP contribution in [0.25, 0.3) is 0 Å². The number of nitriles is 1. The van der Waals surface area contributed by atoms with Gasteiger partial charge in [-0.15, -0.1) is 0 Å². The van der Waals surface area contributed by atoms with E-state index in [0.29, 0.717) is 0 Å². The molecule has 7 heteroatoms. The summed E-state index contributed by atoms with van der Waals surface area (Å²) in [5, 5.41) is 18.2. The number of hydrogen-bond acceptors (Lipinski definition) is 5. The highest BCUT2D eigenvalue weighted by molar-refractivity contribution is 8.13. The SMILES string of the molecule is N#Cc1c(S(=O)(=O)Cl)ccc(CN)c1O. The maximum Gasteiger partial charge on any atom is 0.262 e. The standard InChI is InChI=1S/C8H7ClN2O3S/c9-15(13,14)7-2-1-5(3-10)8(12)6(7)4-11/h1-2,12H,3,10H2. The third kappa shape index (κ3) is 2.21. The molecule has 15 heavy (non-hydrogen) atoms. The Bertz CT molecular complexity index is 534. The first-order valence-electron chi connectivity index (χ1n) is 3.81. The first-order chi connectivity index (χ1) is 6.91. The van der Waals surface area contributed by atoms with Gasteiger partial charge in [0.15, 0.2) is 0 Å². The topological polar surface area (TPSA) is 104 Å². The van der Waals surface area contributed by atoms with Crippen LogP contribution in [-0.2, 0) is 15.6 Å². The van der Waals surface area contributed by atoms with E-state index in [4.69, 9.17) is 21.7 Å². The quantitative estimate of drug-likeness (QED) is 0.746. The summed E-state index contributed by atoms with van der Waals surface area (Å²) >= 11 is 0. The van der Waals surface area contributed by atoms with Crippen LogP contribution in [0.3, 0.4) is 0 Å². The average Bonchev–Trinajstić information content (AvgIpc) is 2.15. The molecule has 5 nitrogen and oxygen atoms in total. The van der Waals surface area contributed by atoms with E-state index in [0.717, 1.165) is 6.07 Å². The highest BCUT2D eigenvalue weighted by Crippen LogP contribution is 2.29. The molecule has 1 aromatic rings. The first kappa shape index (κ1) is 11.8. The lowest BCUT2D eigenvalue weighted by Gasteiger charge is -2.06. The number of halogens is 1. The molecule has 0 amide bonds. The number of phenolic OH excluding ortho intramolecular Hbond substituents is 1. The van der Waals surface area contributed by atoms with Gasteiger partial charge < -0.3 is 10.8 Å². The van der Waals surface area contributed by atoms with Gasteiger partial charge in [-0.25, -0.2) is 8.42 Å². The van der Waals surface area contributed by atoms with Gasteiger partial charge in [0.1, 0.15) is 22.3 Å². The largest absolute Gasteiger partial charge is 0.506 e. The van der Waals surface area contributed by atoms with Gasteiger partial charge in [-0.3, -0.25) is 0 Å². The van der Waals surface area contributed by atoms with Crippen molar-refractivity contribution < 1.29 is 13.5 Å². The third-order valence-corrected chi connectivity index (χ3v) is 3.18. The summed E-state index contributed by atoms with van der Waals surface area (Å²) < 4.78 is 22.1. The van der Waals surface area contributed by atoms with Crippen molar-refractivity contribution in [3.05, 3.63) is 23.3 Å². The molecule has 0 aliphatic rings. The maximum atomic E-state index is 11.0. The van der Waals surface area contributed by atoms with Gasteiger partial charge in [-0.1, -0.05) is 6.07 Å². The minimum absolute atomic E-state index is 0.00310. The Morgan fingerprint density at radius 1 is 1.53 bits per heavy atom. The fraction of sp³-hybridized carbons (Fsp3) is 0.125. The highest BCUT2D eigenvalue weighted by Gasteiger charge is 2.20. The third-order valence-electron chi connectivity index (χ3n) is 1.82. The van der Waals surface area contributed by atoms with Gasteiger partial charge >= 0.3 is 0 Å². The Morgan fingerprint density at radius 3 is 2.53 bits per heavy atom. The zero-order valence-corrected chi connectivity index (χ0v) is 9.01. The summed E-state index contributed by atoms with van der Waals surface area (Å²) in [5.41, 5.74) is 5.19. The molecule has 1 aromatic carbocycles. The van der Waals surface area contributed by atoms with E-state index in [1.54, 1.807) is 6.07 Å². The second-order valence-electron chi connectivity index (χ2n) is 2.70. The van der Waals surface area contributed by atoms with Crippen LogP contribution in [0.15, 0.2) is 17.0 Å². The van der Waals surface area contributed by atoms with Crippen molar-refractivity contribution in [1.29, 1.82) is 5.26 Å². The summed E-state index contributed by atoms with van der Waals surface area (Å²) in [5.74, 6) is -0.443. The number of nitrogens with zero attached hydrogens (tertiary/aromatic N) is 1. The summed E-state index contributed by atoms with van der Waals surface area (Å²) in [6.45, 7) is 0.00310. The number of nitrogens with two attached hydrogens (primary N) is 1. The van der Waals surface area contributed by atoms with E-state index in [1.165, 1.54) is 6.07 Å². The Balaban J connectivity index is 3.61. The second kappa shape index (κ2) is 4.06. The first-order valence-corrected chi connectivity index (χ1v) is 6.12. The van der Waals surface area contributed by atoms with E-state index in [-0.39, 0.29) is 17.7 Å². The van der Waals surface area contributed by atoms with Gasteiger partial charge in [0.25, 0.3) is 9.05 Å². The summed E-state index contributed by atoms with van der Waals surface area (Å²) in [4.78, 5) is -0.415. The van der Waals surface area contributed by atoms with E-state index in [9.17, 15) is 13.5 Å². The van der Waals surface area contributed by atoms with E-state index in [2.05, 4.69) is 0 Å². The van der Waals surface area contributed by atoms with Crippen LogP contribution in [0.1, 0.15) is 11.1 Å². The number of phenols is 1. The number of benzene rings is 1. The fourth-order valence-electron chi connectivity index (χ4n) is 1.09. The molecule has 0 saturated heterocycles. The molecule has 80 valence electrons. The molecule has 0 spiro atoms. The maximum absolute atomic E-state index is 11.0. The molecule has 0 aliphatic heterocycles. The Morgan fingerprint density at radius 2 is 2.13 bits per heavy atom. The Kier molecular flexibility index (Phi) is 3.19. The molecule has 0 heterocycles. The lowest BCUT2D eigenvalue weighted by molar-refractivity contribution is 0.464. The van der Waals surface area contributed by atoms with E-state index < -0.39 is 19.7 Å². The average molecular weight is 247 g/mol. The van der Waals surface area contributed by atoms with Gasteiger partial charge in [-0.2, -0.15) is 5.26 Å². The van der Waals surface area contributed by atoms with Crippen molar-refractivity contribution in [3.63, 3.8) is 0 Å². The van der Waals surface area contributed by atoms with E-state index in [1.807, 2.05) is 0 Å². The van der Waals surface area contributed by atoms with Gasteiger partial charge in [0.05, 0.1) is 0 Å². The molecule has 0 aliphatic carbocycles. The van der Waals surface area contributed by atoms with Crippen LogP contribution in [0.5, 0.6) is 5.75 Å². The van der Waals surface area contributed by atoms with Gasteiger partial charge in [0, 0.05) is 22.8 Å². The number of aromatic hydroxyl groups is 1. The lowest BCUT2D eigenvalue weighted by Crippen LogP contribution is -2.01. The van der Waals surface area contributed by atoms with Crippen molar-refractivity contribution in [1.82, 2.24) is 0 Å². The van der Waals surface area contributed by atoms with Crippen LogP contribution in [0.4, 0.5) is 0 Å². The molecular weight excluding hydrogens is 240 g/mol. The Labute approximate surface area is 91.1 Å². The minimum Gasteiger partial charge on any atom is -0.506 e. The zero-order chi connectivity index (χ0) is 11.6. The smallest absolute Gasteiger partial charge is 0.262 e. The van der Waals surface area contributed by atoms with Gasteiger partial charge in [0.2, 0.25) is 0 Å². The predicted molar refractivity (Wildman–Crippen MR) is 53.8 cm³/mol. The van der Waals surface area contributed by atoms with Crippen molar-refractivity contribution in [3.8, 4) is 11.8 Å². The van der Waals surface area contributed by atoms with Crippen molar-refractivity contribution in [2.75, 3.05) is 0 Å². The minimum atomic E-state index is -4.04. The monoisotopic (exact) mass is 246 g/mol. The lowest BCUT2D eigenvalue weighted by atomic mass is 10.1. The molecule has 0 unspecified atom stereocenters. The van der Waals surface area contributed by atoms with Crippen molar-refractivity contribution in [2.45, 2.75) is 11.4 Å². The molecule has 0 atom stereocenters. The summed E-state index contributed by atoms with van der Waals surface area (Å²) in [6.07, 6.45) is 0. The molecule has 0 radical (unpaired) electrons. The fourth-order valence-corrected chi connectivity index (χ4v) is 2.09. The molecule has 0 bridgehead atoms. The molecule has 3 N–H and O–H groups in total. The highest BCUT2D eigenvalue weighted by atomic mass is 35.7. The molecule has 1 rings (SSSR count). The zero-order valence-electron chi connectivity index (χ0n) is 7.44. The molecule has 0 fully saturated rings. The van der Waals surface area contributed by atoms with Crippen molar-refractivity contribution in [2.24, 2.45) is 5.73 Å². The van der Waals surface area contributed by atoms with Crippen LogP contribution >= 0.6 is 10.7 Å². The summed E-state index contributed by atoms with van der Waals surface area (Å²) in [6, 6.07) is 4.03. The van der Waals surface area contributed by atoms with Crippen molar-refractivity contribution >= 4 is 19.7 Å². The van der Waals surface area contributed by atoms with E-state index >= 15 is 0 Å². The second-order valence-corrected chi connectivity index (χ2v) is 5.23. The van der Waals surface area contributed by atoms with Crippen LogP contribution < -0.4 is 5.73 Å². The van der Waals surface area contributed by atoms with Gasteiger partial charge in [-0.05, 0) is 6.07 Å². The van der Waals surface area contributed by atoms with Crippen LogP contribution in [0.2, 0.25) is 0 Å². The number of rotatable bonds is 2. The number of hydrogen-bond donors (Lipinski definition) is 2. The molecule has 0 aromatic heterocycles. The van der Waals surface area contributed by atoms with Crippen LogP contribution in [-0.4, -0.2) is 13.5 Å². The van der Waals surface area contributed by atoms with Crippen LogP contribution in [0, 0.1) is 11.3 Å². The predicted octanol–water partition coefficient (Wildman–Crippen LogP) is 0.650. The summed E-state index contributed by atoms with van der Waals surface area (Å²) in [7, 11) is 1.04. The Hall–Kier alpha value is -1.29.